The van der Waals surface area contributed by atoms with E-state index < -0.39 is 0 Å². The van der Waals surface area contributed by atoms with Crippen LogP contribution in [-0.2, 0) is 4.74 Å². The monoisotopic (exact) mass is 225 g/mol. The number of nitrogens with one attached hydrogen (secondary N) is 1. The predicted octanol–water partition coefficient (Wildman–Crippen LogP) is 1.79. The summed E-state index contributed by atoms with van der Waals surface area (Å²) in [7, 11) is 0. The minimum absolute atomic E-state index is 0.489. The molecule has 0 bridgehead atoms. The van der Waals surface area contributed by atoms with E-state index in [9.17, 15) is 0 Å². The maximum Gasteiger partial charge on any atom is 0.189 e. The van der Waals surface area contributed by atoms with Crippen LogP contribution in [0.3, 0.4) is 0 Å². The lowest BCUT2D eigenvalue weighted by Gasteiger charge is -2.23. The number of hydrogen-bond acceptors (Lipinski definition) is 5. The minimum atomic E-state index is 0.489. The van der Waals surface area contributed by atoms with Crippen LogP contribution in [0, 0.1) is 0 Å². The molecule has 15 heavy (non-hydrogen) atoms. The van der Waals surface area contributed by atoms with Crippen LogP contribution in [0.15, 0.2) is 17.4 Å². The van der Waals surface area contributed by atoms with Gasteiger partial charge in [0, 0.05) is 25.5 Å². The highest BCUT2D eigenvalue weighted by Crippen LogP contribution is 2.15. The van der Waals surface area contributed by atoms with E-state index in [0.717, 1.165) is 37.0 Å². The molecular formula is C10H15N3OS. The predicted molar refractivity (Wildman–Crippen MR) is 61.3 cm³/mol. The van der Waals surface area contributed by atoms with E-state index in [1.54, 1.807) is 18.0 Å². The van der Waals surface area contributed by atoms with E-state index in [-0.39, 0.29) is 0 Å². The van der Waals surface area contributed by atoms with Crippen LogP contribution in [0.5, 0.6) is 0 Å². The summed E-state index contributed by atoms with van der Waals surface area (Å²) in [6.07, 6.45) is 5.88. The summed E-state index contributed by atoms with van der Waals surface area (Å²) < 4.78 is 5.31. The Kier molecular flexibility index (Phi) is 3.80. The first-order valence-electron chi connectivity index (χ1n) is 5.10. The number of hydrogen-bond donors (Lipinski definition) is 1. The normalized spacial score (nSPS) is 17.7. The summed E-state index contributed by atoms with van der Waals surface area (Å²) in [4.78, 5) is 8.52. The first-order valence-corrected chi connectivity index (χ1v) is 6.32. The van der Waals surface area contributed by atoms with Crippen molar-refractivity contribution >= 4 is 17.6 Å². The second-order valence-electron chi connectivity index (χ2n) is 3.46. The molecule has 82 valence electrons. The van der Waals surface area contributed by atoms with Crippen LogP contribution < -0.4 is 5.32 Å². The molecule has 1 aromatic rings. The molecule has 0 atom stereocenters. The average Bonchev–Trinajstić information content (AvgIpc) is 2.31. The van der Waals surface area contributed by atoms with Gasteiger partial charge in [-0.15, -0.1) is 0 Å². The van der Waals surface area contributed by atoms with E-state index >= 15 is 0 Å². The standard InChI is InChI=1S/C10H15N3OS/c1-15-10-11-5-2-9(13-10)12-8-3-6-14-7-4-8/h2,5,8H,3-4,6-7H2,1H3,(H,11,12,13). The number of aromatic nitrogens is 2. The van der Waals surface area contributed by atoms with E-state index in [2.05, 4.69) is 15.3 Å². The van der Waals surface area contributed by atoms with Crippen molar-refractivity contribution in [2.75, 3.05) is 24.8 Å². The second kappa shape index (κ2) is 5.32. The maximum atomic E-state index is 5.31. The van der Waals surface area contributed by atoms with Gasteiger partial charge in [0.1, 0.15) is 5.82 Å². The van der Waals surface area contributed by atoms with Crippen molar-refractivity contribution in [2.24, 2.45) is 0 Å². The van der Waals surface area contributed by atoms with Gasteiger partial charge in [-0.1, -0.05) is 11.8 Å². The van der Waals surface area contributed by atoms with Crippen molar-refractivity contribution in [1.29, 1.82) is 0 Å². The first-order chi connectivity index (χ1) is 7.38. The molecule has 1 aliphatic heterocycles. The van der Waals surface area contributed by atoms with Crippen LogP contribution in [0.2, 0.25) is 0 Å². The van der Waals surface area contributed by atoms with Crippen LogP contribution >= 0.6 is 11.8 Å². The Morgan fingerprint density at radius 2 is 2.27 bits per heavy atom. The Labute approximate surface area is 93.8 Å². The lowest BCUT2D eigenvalue weighted by molar-refractivity contribution is 0.0904. The SMILES string of the molecule is CSc1nccc(NC2CCOCC2)n1. The fourth-order valence-electron chi connectivity index (χ4n) is 1.57. The zero-order valence-corrected chi connectivity index (χ0v) is 9.59. The highest BCUT2D eigenvalue weighted by molar-refractivity contribution is 7.98. The number of nitrogens with zero attached hydrogens (tertiary/aromatic N) is 2. The largest absolute Gasteiger partial charge is 0.381 e. The fourth-order valence-corrected chi connectivity index (χ4v) is 1.93. The summed E-state index contributed by atoms with van der Waals surface area (Å²) in [6, 6.07) is 2.40. The topological polar surface area (TPSA) is 47.0 Å². The van der Waals surface area contributed by atoms with Gasteiger partial charge in [0.25, 0.3) is 0 Å². The molecule has 2 rings (SSSR count). The van der Waals surface area contributed by atoms with Crippen molar-refractivity contribution in [3.05, 3.63) is 12.3 Å². The van der Waals surface area contributed by atoms with Gasteiger partial charge in [0.2, 0.25) is 0 Å². The molecule has 0 spiro atoms. The smallest absolute Gasteiger partial charge is 0.189 e. The van der Waals surface area contributed by atoms with Crippen molar-refractivity contribution < 1.29 is 4.74 Å². The molecule has 0 unspecified atom stereocenters. The van der Waals surface area contributed by atoms with Crippen LogP contribution in [0.1, 0.15) is 12.8 Å². The van der Waals surface area contributed by atoms with Crippen LogP contribution in [0.4, 0.5) is 5.82 Å². The van der Waals surface area contributed by atoms with Crippen molar-refractivity contribution in [2.45, 2.75) is 24.0 Å². The molecule has 0 saturated carbocycles. The molecule has 0 amide bonds. The van der Waals surface area contributed by atoms with E-state index in [0.29, 0.717) is 6.04 Å². The molecule has 5 heteroatoms. The summed E-state index contributed by atoms with van der Waals surface area (Å²) in [5, 5.41) is 4.22. The van der Waals surface area contributed by atoms with E-state index in [4.69, 9.17) is 4.74 Å². The Morgan fingerprint density at radius 3 is 3.00 bits per heavy atom. The molecule has 0 aliphatic carbocycles. The quantitative estimate of drug-likeness (QED) is 0.627. The molecule has 1 aliphatic rings. The fraction of sp³-hybridized carbons (Fsp3) is 0.600. The lowest BCUT2D eigenvalue weighted by atomic mass is 10.1. The maximum absolute atomic E-state index is 5.31. The van der Waals surface area contributed by atoms with Gasteiger partial charge in [-0.25, -0.2) is 9.97 Å². The highest BCUT2D eigenvalue weighted by Gasteiger charge is 2.13. The van der Waals surface area contributed by atoms with Gasteiger partial charge in [-0.3, -0.25) is 0 Å². The summed E-state index contributed by atoms with van der Waals surface area (Å²) in [6.45, 7) is 1.69. The number of thioether (sulfide) groups is 1. The number of ether oxygens (including phenoxy) is 1. The molecule has 1 aromatic heterocycles. The van der Waals surface area contributed by atoms with Gasteiger partial charge < -0.3 is 10.1 Å². The van der Waals surface area contributed by atoms with Crippen molar-refractivity contribution in [3.63, 3.8) is 0 Å². The Hall–Kier alpha value is -0.810. The zero-order chi connectivity index (χ0) is 10.5. The lowest BCUT2D eigenvalue weighted by Crippen LogP contribution is -2.28. The van der Waals surface area contributed by atoms with Crippen LogP contribution in [-0.4, -0.2) is 35.5 Å². The Morgan fingerprint density at radius 1 is 1.47 bits per heavy atom. The molecular weight excluding hydrogens is 210 g/mol. The average molecular weight is 225 g/mol. The number of rotatable bonds is 3. The molecule has 1 fully saturated rings. The summed E-state index contributed by atoms with van der Waals surface area (Å²) in [5.74, 6) is 0.918. The second-order valence-corrected chi connectivity index (χ2v) is 4.23. The Bertz CT molecular complexity index is 315. The van der Waals surface area contributed by atoms with Gasteiger partial charge in [0.05, 0.1) is 0 Å². The zero-order valence-electron chi connectivity index (χ0n) is 8.77. The molecule has 4 nitrogen and oxygen atoms in total. The van der Waals surface area contributed by atoms with Gasteiger partial charge >= 0.3 is 0 Å². The third-order valence-electron chi connectivity index (χ3n) is 2.39. The molecule has 2 heterocycles. The number of anilines is 1. The summed E-state index contributed by atoms with van der Waals surface area (Å²) >= 11 is 1.56. The highest BCUT2D eigenvalue weighted by atomic mass is 32.2. The van der Waals surface area contributed by atoms with Crippen molar-refractivity contribution in [1.82, 2.24) is 9.97 Å². The molecule has 0 radical (unpaired) electrons. The Balaban J connectivity index is 1.96. The molecule has 0 aromatic carbocycles. The minimum Gasteiger partial charge on any atom is -0.381 e. The summed E-state index contributed by atoms with van der Waals surface area (Å²) in [5.41, 5.74) is 0. The van der Waals surface area contributed by atoms with Gasteiger partial charge in [0.15, 0.2) is 5.16 Å². The van der Waals surface area contributed by atoms with Gasteiger partial charge in [-0.05, 0) is 25.2 Å². The molecule has 1 N–H and O–H groups in total. The van der Waals surface area contributed by atoms with E-state index in [1.807, 2.05) is 12.3 Å². The first kappa shape index (κ1) is 10.7. The van der Waals surface area contributed by atoms with Crippen molar-refractivity contribution in [3.8, 4) is 0 Å². The third kappa shape index (κ3) is 3.07. The van der Waals surface area contributed by atoms with Gasteiger partial charge in [-0.2, -0.15) is 0 Å². The molecule has 1 saturated heterocycles. The third-order valence-corrected chi connectivity index (χ3v) is 2.95. The van der Waals surface area contributed by atoms with E-state index in [1.165, 1.54) is 0 Å². The van der Waals surface area contributed by atoms with Crippen LogP contribution in [0.25, 0.3) is 0 Å².